The molecule has 1 atom stereocenters. The molecule has 1 N–H and O–H groups in total. The van der Waals surface area contributed by atoms with Gasteiger partial charge in [0.05, 0.1) is 19.8 Å². The van der Waals surface area contributed by atoms with Gasteiger partial charge >= 0.3 is 0 Å². The second kappa shape index (κ2) is 8.55. The van der Waals surface area contributed by atoms with Crippen LogP contribution in [0.3, 0.4) is 0 Å². The zero-order chi connectivity index (χ0) is 20.1. The molecule has 5 heteroatoms. The summed E-state index contributed by atoms with van der Waals surface area (Å²) < 4.78 is 16.9. The highest BCUT2D eigenvalue weighted by atomic mass is 16.5. The largest absolute Gasteiger partial charge is 0.497 e. The molecule has 1 amide bonds. The maximum absolute atomic E-state index is 12.5. The lowest BCUT2D eigenvalue weighted by molar-refractivity contribution is -0.122. The first-order chi connectivity index (χ1) is 13.4. The minimum absolute atomic E-state index is 0.0330. The summed E-state index contributed by atoms with van der Waals surface area (Å²) in [4.78, 5) is 12.5. The standard InChI is InChI=1S/C23H29NO4/c1-16-7-12-19-20(15-23(2,3)28-21(19)14-16)24-22(25)6-5-13-27-18-10-8-17(26-4)9-11-18/h7-12,14,20H,5-6,13,15H2,1-4H3,(H,24,25)/t20-/m0/s1. The van der Waals surface area contributed by atoms with Crippen molar-refractivity contribution < 1.29 is 19.0 Å². The first-order valence-corrected chi connectivity index (χ1v) is 9.72. The van der Waals surface area contributed by atoms with Crippen molar-refractivity contribution in [3.8, 4) is 17.2 Å². The minimum Gasteiger partial charge on any atom is -0.497 e. The SMILES string of the molecule is COc1ccc(OCCCC(=O)N[C@H]2CC(C)(C)Oc3cc(C)ccc32)cc1. The van der Waals surface area contributed by atoms with E-state index < -0.39 is 0 Å². The molecule has 2 aromatic rings. The summed E-state index contributed by atoms with van der Waals surface area (Å²) in [6.45, 7) is 6.65. The van der Waals surface area contributed by atoms with Crippen LogP contribution < -0.4 is 19.5 Å². The van der Waals surface area contributed by atoms with E-state index in [1.165, 1.54) is 0 Å². The Bertz CT molecular complexity index is 814. The number of aryl methyl sites for hydroxylation is 1. The number of hydrogen-bond donors (Lipinski definition) is 1. The Morgan fingerprint density at radius 1 is 1.18 bits per heavy atom. The monoisotopic (exact) mass is 383 g/mol. The summed E-state index contributed by atoms with van der Waals surface area (Å²) in [6.07, 6.45) is 1.83. The molecule has 1 heterocycles. The van der Waals surface area contributed by atoms with Crippen molar-refractivity contribution in [3.63, 3.8) is 0 Å². The molecular weight excluding hydrogens is 354 g/mol. The fourth-order valence-corrected chi connectivity index (χ4v) is 3.45. The van der Waals surface area contributed by atoms with Crippen LogP contribution in [-0.2, 0) is 4.79 Å². The number of nitrogens with one attached hydrogen (secondary N) is 1. The summed E-state index contributed by atoms with van der Waals surface area (Å²) >= 11 is 0. The number of carbonyl (C=O) groups excluding carboxylic acids is 1. The van der Waals surface area contributed by atoms with E-state index in [1.54, 1.807) is 7.11 Å². The average Bonchev–Trinajstić information content (AvgIpc) is 2.64. The number of amides is 1. The fraction of sp³-hybridized carbons (Fsp3) is 0.435. The van der Waals surface area contributed by atoms with Gasteiger partial charge in [0.2, 0.25) is 5.91 Å². The minimum atomic E-state index is -0.309. The second-order valence-electron chi connectivity index (χ2n) is 7.85. The van der Waals surface area contributed by atoms with Gasteiger partial charge in [0, 0.05) is 18.4 Å². The molecule has 3 rings (SSSR count). The number of benzene rings is 2. The zero-order valence-corrected chi connectivity index (χ0v) is 17.1. The van der Waals surface area contributed by atoms with E-state index in [9.17, 15) is 4.79 Å². The van der Waals surface area contributed by atoms with Crippen LogP contribution >= 0.6 is 0 Å². The van der Waals surface area contributed by atoms with E-state index >= 15 is 0 Å². The molecule has 0 spiro atoms. The van der Waals surface area contributed by atoms with Gasteiger partial charge in [-0.25, -0.2) is 0 Å². The zero-order valence-electron chi connectivity index (χ0n) is 17.1. The molecule has 5 nitrogen and oxygen atoms in total. The van der Waals surface area contributed by atoms with E-state index in [-0.39, 0.29) is 17.6 Å². The highest BCUT2D eigenvalue weighted by molar-refractivity contribution is 5.76. The Labute approximate surface area is 167 Å². The van der Waals surface area contributed by atoms with E-state index in [4.69, 9.17) is 14.2 Å². The van der Waals surface area contributed by atoms with Crippen molar-refractivity contribution in [1.29, 1.82) is 0 Å². The average molecular weight is 383 g/mol. The Hall–Kier alpha value is -2.69. The number of ether oxygens (including phenoxy) is 3. The van der Waals surface area contributed by atoms with Crippen molar-refractivity contribution in [3.05, 3.63) is 53.6 Å². The van der Waals surface area contributed by atoms with Gasteiger partial charge in [-0.05, 0) is 63.1 Å². The third kappa shape index (κ3) is 5.18. The Morgan fingerprint density at radius 3 is 2.61 bits per heavy atom. The van der Waals surface area contributed by atoms with E-state index in [0.717, 1.165) is 34.8 Å². The molecule has 1 aliphatic rings. The van der Waals surface area contributed by atoms with Crippen molar-refractivity contribution in [2.45, 2.75) is 51.7 Å². The van der Waals surface area contributed by atoms with Crippen LogP contribution in [0.2, 0.25) is 0 Å². The van der Waals surface area contributed by atoms with Crippen LogP contribution in [0.15, 0.2) is 42.5 Å². The predicted molar refractivity (Wildman–Crippen MR) is 109 cm³/mol. The molecule has 0 aliphatic carbocycles. The van der Waals surface area contributed by atoms with Crippen molar-refractivity contribution in [2.75, 3.05) is 13.7 Å². The number of carbonyl (C=O) groups is 1. The highest BCUT2D eigenvalue weighted by Crippen LogP contribution is 2.39. The third-order valence-electron chi connectivity index (χ3n) is 4.84. The number of rotatable bonds is 7. The summed E-state index contributed by atoms with van der Waals surface area (Å²) in [7, 11) is 1.63. The summed E-state index contributed by atoms with van der Waals surface area (Å²) in [6, 6.07) is 13.6. The molecule has 0 saturated heterocycles. The van der Waals surface area contributed by atoms with Gasteiger partial charge in [0.1, 0.15) is 22.8 Å². The van der Waals surface area contributed by atoms with Crippen LogP contribution in [0, 0.1) is 6.92 Å². The number of hydrogen-bond acceptors (Lipinski definition) is 4. The van der Waals surface area contributed by atoms with Crippen LogP contribution in [0.5, 0.6) is 17.2 Å². The van der Waals surface area contributed by atoms with Gasteiger partial charge in [0.25, 0.3) is 0 Å². The van der Waals surface area contributed by atoms with Gasteiger partial charge in [0.15, 0.2) is 0 Å². The normalized spacial score (nSPS) is 17.2. The third-order valence-corrected chi connectivity index (χ3v) is 4.84. The molecule has 0 fully saturated rings. The maximum atomic E-state index is 12.5. The summed E-state index contributed by atoms with van der Waals surface area (Å²) in [5, 5.41) is 3.17. The maximum Gasteiger partial charge on any atom is 0.220 e. The molecule has 0 saturated carbocycles. The fourth-order valence-electron chi connectivity index (χ4n) is 3.45. The first kappa shape index (κ1) is 20.1. The van der Waals surface area contributed by atoms with Gasteiger partial charge in [-0.3, -0.25) is 4.79 Å². The topological polar surface area (TPSA) is 56.8 Å². The summed E-state index contributed by atoms with van der Waals surface area (Å²) in [5.41, 5.74) is 1.89. The molecular formula is C23H29NO4. The van der Waals surface area contributed by atoms with Crippen LogP contribution in [0.1, 0.15) is 50.3 Å². The van der Waals surface area contributed by atoms with E-state index in [1.807, 2.05) is 37.3 Å². The molecule has 2 aromatic carbocycles. The quantitative estimate of drug-likeness (QED) is 0.711. The predicted octanol–water partition coefficient (Wildman–Crippen LogP) is 4.58. The highest BCUT2D eigenvalue weighted by Gasteiger charge is 2.34. The van der Waals surface area contributed by atoms with Crippen molar-refractivity contribution in [1.82, 2.24) is 5.32 Å². The van der Waals surface area contributed by atoms with Crippen LogP contribution in [0.25, 0.3) is 0 Å². The van der Waals surface area contributed by atoms with Gasteiger partial charge in [-0.1, -0.05) is 12.1 Å². The molecule has 28 heavy (non-hydrogen) atoms. The Kier molecular flexibility index (Phi) is 6.12. The summed E-state index contributed by atoms with van der Waals surface area (Å²) in [5.74, 6) is 2.47. The van der Waals surface area contributed by atoms with Gasteiger partial charge < -0.3 is 19.5 Å². The number of fused-ring (bicyclic) bond motifs is 1. The lowest BCUT2D eigenvalue weighted by Gasteiger charge is -2.38. The number of methoxy groups -OCH3 is 1. The lowest BCUT2D eigenvalue weighted by Crippen LogP contribution is -2.41. The molecule has 0 bridgehead atoms. The van der Waals surface area contributed by atoms with Crippen LogP contribution in [0.4, 0.5) is 0 Å². The van der Waals surface area contributed by atoms with E-state index in [0.29, 0.717) is 19.4 Å². The molecule has 0 unspecified atom stereocenters. The smallest absolute Gasteiger partial charge is 0.220 e. The Morgan fingerprint density at radius 2 is 1.89 bits per heavy atom. The van der Waals surface area contributed by atoms with Crippen LogP contribution in [-0.4, -0.2) is 25.2 Å². The molecule has 150 valence electrons. The van der Waals surface area contributed by atoms with Crippen molar-refractivity contribution >= 4 is 5.91 Å². The second-order valence-corrected chi connectivity index (χ2v) is 7.85. The van der Waals surface area contributed by atoms with E-state index in [2.05, 4.69) is 31.3 Å². The van der Waals surface area contributed by atoms with Gasteiger partial charge in [-0.15, -0.1) is 0 Å². The lowest BCUT2D eigenvalue weighted by atomic mass is 9.89. The molecule has 0 aromatic heterocycles. The first-order valence-electron chi connectivity index (χ1n) is 9.72. The molecule has 1 aliphatic heterocycles. The Balaban J connectivity index is 1.50. The van der Waals surface area contributed by atoms with Gasteiger partial charge in [-0.2, -0.15) is 0 Å². The van der Waals surface area contributed by atoms with Crippen molar-refractivity contribution in [2.24, 2.45) is 0 Å². The molecule has 0 radical (unpaired) electrons.